The number of nitriles is 1. The molecule has 0 spiro atoms. The quantitative estimate of drug-likeness (QED) is 0.380. The lowest BCUT2D eigenvalue weighted by molar-refractivity contribution is 0.173. The number of aromatic amines is 1. The van der Waals surface area contributed by atoms with Crippen molar-refractivity contribution in [2.75, 3.05) is 37.6 Å². The van der Waals surface area contributed by atoms with E-state index in [1.807, 2.05) is 32.2 Å². The fourth-order valence-corrected chi connectivity index (χ4v) is 4.00. The van der Waals surface area contributed by atoms with Crippen molar-refractivity contribution < 1.29 is 14.2 Å². The van der Waals surface area contributed by atoms with Gasteiger partial charge in [-0.05, 0) is 25.1 Å². The molecule has 5 rings (SSSR count). The summed E-state index contributed by atoms with van der Waals surface area (Å²) in [7, 11) is 3.52. The van der Waals surface area contributed by atoms with E-state index in [-0.39, 0.29) is 6.04 Å². The molecule has 34 heavy (non-hydrogen) atoms. The average molecular weight is 460 g/mol. The highest BCUT2D eigenvalue weighted by Gasteiger charge is 2.24. The Hall–Kier alpha value is -4.30. The van der Waals surface area contributed by atoms with E-state index in [9.17, 15) is 5.26 Å². The van der Waals surface area contributed by atoms with Gasteiger partial charge in [-0.3, -0.25) is 4.68 Å². The summed E-state index contributed by atoms with van der Waals surface area (Å²) < 4.78 is 19.0. The number of H-pyrrole nitrogens is 1. The third-order valence-corrected chi connectivity index (χ3v) is 5.48. The number of ether oxygens (including phenoxy) is 3. The second kappa shape index (κ2) is 8.92. The molecule has 1 atom stereocenters. The second-order valence-electron chi connectivity index (χ2n) is 7.92. The van der Waals surface area contributed by atoms with Crippen molar-refractivity contribution >= 4 is 28.5 Å². The molecule has 0 fully saturated rings. The lowest BCUT2D eigenvalue weighted by Gasteiger charge is -2.24. The molecule has 1 aromatic carbocycles. The predicted molar refractivity (Wildman–Crippen MR) is 126 cm³/mol. The number of anilines is 3. The minimum Gasteiger partial charge on any atom is -0.485 e. The van der Waals surface area contributed by atoms with E-state index in [2.05, 4.69) is 36.8 Å². The van der Waals surface area contributed by atoms with Crippen LogP contribution in [0, 0.1) is 11.3 Å². The lowest BCUT2D eigenvalue weighted by atomic mass is 10.1. The zero-order valence-electron chi connectivity index (χ0n) is 19.0. The topological polar surface area (TPSA) is 135 Å². The van der Waals surface area contributed by atoms with Gasteiger partial charge in [-0.25, -0.2) is 0 Å². The number of fused-ring (bicyclic) bond motifs is 2. The van der Waals surface area contributed by atoms with Crippen LogP contribution in [0.15, 0.2) is 30.6 Å². The lowest BCUT2D eigenvalue weighted by Crippen LogP contribution is -2.22. The molecule has 1 aliphatic rings. The minimum absolute atomic E-state index is 0.0277. The van der Waals surface area contributed by atoms with Crippen molar-refractivity contribution in [2.24, 2.45) is 7.05 Å². The van der Waals surface area contributed by atoms with E-state index < -0.39 is 0 Å². The summed E-state index contributed by atoms with van der Waals surface area (Å²) in [6, 6.07) is 7.94. The predicted octanol–water partition coefficient (Wildman–Crippen LogP) is 3.19. The van der Waals surface area contributed by atoms with Gasteiger partial charge >= 0.3 is 0 Å². The van der Waals surface area contributed by atoms with Crippen LogP contribution in [0.4, 0.5) is 17.5 Å². The average Bonchev–Trinajstić information content (AvgIpc) is 3.45. The molecular formula is C23H24N8O3. The molecule has 0 amide bonds. The highest BCUT2D eigenvalue weighted by atomic mass is 16.6. The zero-order chi connectivity index (χ0) is 23.7. The smallest absolute Gasteiger partial charge is 0.231 e. The summed E-state index contributed by atoms with van der Waals surface area (Å²) in [5.41, 5.74) is 3.47. The Labute approximate surface area is 195 Å². The summed E-state index contributed by atoms with van der Waals surface area (Å²) in [6.45, 7) is 3.34. The molecule has 0 aliphatic carbocycles. The van der Waals surface area contributed by atoms with Gasteiger partial charge in [-0.15, -0.1) is 0 Å². The minimum atomic E-state index is -0.0277. The number of nitrogens with zero attached hydrogens (tertiary/aromatic N) is 5. The van der Waals surface area contributed by atoms with Crippen LogP contribution < -0.4 is 20.1 Å². The first-order valence-electron chi connectivity index (χ1n) is 10.8. The fraction of sp³-hybridized carbons (Fsp3) is 0.304. The van der Waals surface area contributed by atoms with Crippen LogP contribution in [0.3, 0.4) is 0 Å². The van der Waals surface area contributed by atoms with Crippen LogP contribution in [0.2, 0.25) is 0 Å². The van der Waals surface area contributed by atoms with E-state index in [1.54, 1.807) is 24.2 Å². The van der Waals surface area contributed by atoms with E-state index in [4.69, 9.17) is 14.2 Å². The Morgan fingerprint density at radius 2 is 2.06 bits per heavy atom. The number of methoxy groups -OCH3 is 1. The van der Waals surface area contributed by atoms with Crippen molar-refractivity contribution in [3.63, 3.8) is 0 Å². The van der Waals surface area contributed by atoms with Crippen LogP contribution in [-0.4, -0.2) is 57.7 Å². The molecule has 4 heterocycles. The number of aryl methyl sites for hydroxylation is 1. The molecule has 1 unspecified atom stereocenters. The zero-order valence-corrected chi connectivity index (χ0v) is 19.0. The number of hydrogen-bond donors (Lipinski definition) is 3. The van der Waals surface area contributed by atoms with Gasteiger partial charge in [0.05, 0.1) is 28.9 Å². The van der Waals surface area contributed by atoms with Gasteiger partial charge in [0, 0.05) is 38.2 Å². The van der Waals surface area contributed by atoms with Crippen LogP contribution >= 0.6 is 0 Å². The Morgan fingerprint density at radius 1 is 1.24 bits per heavy atom. The molecule has 0 bridgehead atoms. The maximum absolute atomic E-state index is 9.52. The summed E-state index contributed by atoms with van der Waals surface area (Å²) in [6.07, 6.45) is 3.36. The standard InChI is InChI=1S/C23H24N8O3/c1-13(12-32-3)27-22-18-14(10-24)11-25-21(18)29-23(30-22)28-16-5-4-15(17-6-7-26-31(17)2)19-20(16)34-9-8-33-19/h4-7,11,13H,8-9,12H2,1-3H3,(H3,25,27,28,29,30). The second-order valence-corrected chi connectivity index (χ2v) is 7.92. The number of rotatable bonds is 7. The van der Waals surface area contributed by atoms with Crippen molar-refractivity contribution in [1.82, 2.24) is 24.7 Å². The molecule has 3 aromatic heterocycles. The van der Waals surface area contributed by atoms with E-state index >= 15 is 0 Å². The van der Waals surface area contributed by atoms with E-state index in [0.29, 0.717) is 65.4 Å². The SMILES string of the molecule is COCC(C)Nc1nc(Nc2ccc(-c3ccnn3C)c3c2OCCO3)nc2[nH]cc(C#N)c12. The Morgan fingerprint density at radius 3 is 2.79 bits per heavy atom. The molecule has 174 valence electrons. The molecule has 3 N–H and O–H groups in total. The Bertz CT molecular complexity index is 1390. The summed E-state index contributed by atoms with van der Waals surface area (Å²) in [4.78, 5) is 12.3. The first-order chi connectivity index (χ1) is 16.6. The van der Waals surface area contributed by atoms with Gasteiger partial charge in [-0.2, -0.15) is 20.3 Å². The van der Waals surface area contributed by atoms with Gasteiger partial charge in [0.2, 0.25) is 5.95 Å². The number of benzene rings is 1. The highest BCUT2D eigenvalue weighted by molar-refractivity contribution is 5.94. The number of aromatic nitrogens is 5. The molecule has 4 aromatic rings. The van der Waals surface area contributed by atoms with Crippen LogP contribution in [0.1, 0.15) is 12.5 Å². The molecule has 11 nitrogen and oxygen atoms in total. The summed E-state index contributed by atoms with van der Waals surface area (Å²) in [5.74, 6) is 2.10. The largest absolute Gasteiger partial charge is 0.485 e. The van der Waals surface area contributed by atoms with Crippen LogP contribution in [0.5, 0.6) is 11.5 Å². The first-order valence-corrected chi connectivity index (χ1v) is 10.8. The third-order valence-electron chi connectivity index (χ3n) is 5.48. The normalized spacial score (nSPS) is 13.5. The van der Waals surface area contributed by atoms with E-state index in [1.165, 1.54) is 0 Å². The van der Waals surface area contributed by atoms with Crippen molar-refractivity contribution in [2.45, 2.75) is 13.0 Å². The van der Waals surface area contributed by atoms with Crippen LogP contribution in [-0.2, 0) is 11.8 Å². The maximum atomic E-state index is 9.52. The third kappa shape index (κ3) is 3.84. The molecule has 0 saturated carbocycles. The molecule has 0 saturated heterocycles. The number of hydrogen-bond acceptors (Lipinski definition) is 9. The Kier molecular flexibility index (Phi) is 5.65. The van der Waals surface area contributed by atoms with E-state index in [0.717, 1.165) is 11.3 Å². The molecule has 1 aliphatic heterocycles. The van der Waals surface area contributed by atoms with Crippen molar-refractivity contribution in [3.8, 4) is 28.8 Å². The van der Waals surface area contributed by atoms with Gasteiger partial charge in [0.25, 0.3) is 0 Å². The summed E-state index contributed by atoms with van der Waals surface area (Å²) in [5, 5.41) is 21.0. The fourth-order valence-electron chi connectivity index (χ4n) is 4.00. The van der Waals surface area contributed by atoms with Crippen LogP contribution in [0.25, 0.3) is 22.3 Å². The Balaban J connectivity index is 1.56. The molecule has 11 heteroatoms. The van der Waals surface area contributed by atoms with Gasteiger partial charge in [0.15, 0.2) is 11.5 Å². The van der Waals surface area contributed by atoms with Gasteiger partial charge in [-0.1, -0.05) is 0 Å². The highest BCUT2D eigenvalue weighted by Crippen LogP contribution is 2.45. The number of nitrogens with one attached hydrogen (secondary N) is 3. The first kappa shape index (κ1) is 21.5. The van der Waals surface area contributed by atoms with Crippen molar-refractivity contribution in [1.29, 1.82) is 5.26 Å². The van der Waals surface area contributed by atoms with Crippen molar-refractivity contribution in [3.05, 3.63) is 36.2 Å². The monoisotopic (exact) mass is 460 g/mol. The summed E-state index contributed by atoms with van der Waals surface area (Å²) >= 11 is 0. The van der Waals surface area contributed by atoms with Gasteiger partial charge in [0.1, 0.15) is 30.7 Å². The molecular weight excluding hydrogens is 436 g/mol. The molecule has 0 radical (unpaired) electrons. The van der Waals surface area contributed by atoms with Gasteiger partial charge < -0.3 is 29.8 Å². The maximum Gasteiger partial charge on any atom is 0.231 e.